The van der Waals surface area contributed by atoms with Gasteiger partial charge in [-0.15, -0.1) is 0 Å². The van der Waals surface area contributed by atoms with Crippen LogP contribution in [0.1, 0.15) is 38.3 Å². The van der Waals surface area contributed by atoms with E-state index in [-0.39, 0.29) is 36.4 Å². The number of ether oxygens (including phenoxy) is 1. The van der Waals surface area contributed by atoms with Crippen molar-refractivity contribution in [3.8, 4) is 0 Å². The van der Waals surface area contributed by atoms with E-state index in [1.54, 1.807) is 4.90 Å². The topological polar surface area (TPSA) is 61.9 Å². The van der Waals surface area contributed by atoms with Gasteiger partial charge >= 0.3 is 0 Å². The van der Waals surface area contributed by atoms with Crippen LogP contribution in [0.3, 0.4) is 0 Å². The largest absolute Gasteiger partial charge is 0.373 e. The highest BCUT2D eigenvalue weighted by molar-refractivity contribution is 6.03. The predicted molar refractivity (Wildman–Crippen MR) is 127 cm³/mol. The molecule has 2 saturated heterocycles. The van der Waals surface area contributed by atoms with E-state index in [0.717, 1.165) is 43.0 Å². The van der Waals surface area contributed by atoms with Gasteiger partial charge in [-0.2, -0.15) is 0 Å². The van der Waals surface area contributed by atoms with Crippen LogP contribution in [0.25, 0.3) is 0 Å². The lowest BCUT2D eigenvalue weighted by Gasteiger charge is -2.35. The molecule has 0 aliphatic carbocycles. The van der Waals surface area contributed by atoms with Crippen molar-refractivity contribution in [2.75, 3.05) is 29.9 Å². The first kappa shape index (κ1) is 22.5. The molecule has 0 saturated carbocycles. The summed E-state index contributed by atoms with van der Waals surface area (Å²) in [5.74, 6) is -0.453. The number of hydrogen-bond donors (Lipinski definition) is 1. The number of anilines is 2. The van der Waals surface area contributed by atoms with Crippen molar-refractivity contribution in [3.63, 3.8) is 0 Å². The smallest absolute Gasteiger partial charge is 0.229 e. The van der Waals surface area contributed by atoms with Crippen LogP contribution >= 0.6 is 0 Å². The van der Waals surface area contributed by atoms with Crippen molar-refractivity contribution in [2.24, 2.45) is 5.92 Å². The zero-order chi connectivity index (χ0) is 22.7. The van der Waals surface area contributed by atoms with Gasteiger partial charge in [-0.1, -0.05) is 37.3 Å². The molecule has 1 N–H and O–H groups in total. The predicted octanol–water partition coefficient (Wildman–Crippen LogP) is 3.85. The molecule has 32 heavy (non-hydrogen) atoms. The maximum atomic E-state index is 13.1. The Morgan fingerprint density at radius 1 is 1.03 bits per heavy atom. The molecule has 2 aliphatic heterocycles. The van der Waals surface area contributed by atoms with E-state index in [4.69, 9.17) is 4.74 Å². The third-order valence-electron chi connectivity index (χ3n) is 6.32. The van der Waals surface area contributed by atoms with E-state index < -0.39 is 0 Å². The Kier molecular flexibility index (Phi) is 6.92. The standard InChI is InChI=1S/C26H33N3O3/c1-4-20-9-11-23(12-10-20)29-17-22(13-25(29)30)26(31)27-24-8-6-5-7-21(24)16-28-14-18(2)32-19(3)15-28/h5-12,18-19,22H,4,13-17H2,1-3H3,(H,27,31). The van der Waals surface area contributed by atoms with Crippen LogP contribution in [0.5, 0.6) is 0 Å². The van der Waals surface area contributed by atoms with Crippen LogP contribution in [-0.2, 0) is 27.3 Å². The molecule has 6 heteroatoms. The first-order valence-electron chi connectivity index (χ1n) is 11.6. The number of aryl methyl sites for hydroxylation is 1. The summed E-state index contributed by atoms with van der Waals surface area (Å²) < 4.78 is 5.84. The SMILES string of the molecule is CCc1ccc(N2CC(C(=O)Nc3ccccc3CN3CC(C)OC(C)C3)CC2=O)cc1. The molecule has 6 nitrogen and oxygen atoms in total. The number of benzene rings is 2. The Bertz CT molecular complexity index is 949. The lowest BCUT2D eigenvalue weighted by molar-refractivity contribution is -0.122. The van der Waals surface area contributed by atoms with Crippen molar-refractivity contribution in [3.05, 3.63) is 59.7 Å². The molecule has 170 valence electrons. The number of morpholine rings is 1. The molecule has 2 aromatic rings. The zero-order valence-corrected chi connectivity index (χ0v) is 19.2. The van der Waals surface area contributed by atoms with Crippen molar-refractivity contribution in [2.45, 2.75) is 52.4 Å². The maximum absolute atomic E-state index is 13.1. The van der Waals surface area contributed by atoms with Gasteiger partial charge in [-0.25, -0.2) is 0 Å². The number of carbonyl (C=O) groups excluding carboxylic acids is 2. The number of nitrogens with zero attached hydrogens (tertiary/aromatic N) is 2. The van der Waals surface area contributed by atoms with Gasteiger partial charge in [-0.3, -0.25) is 14.5 Å². The summed E-state index contributed by atoms with van der Waals surface area (Å²) in [6.07, 6.45) is 1.59. The van der Waals surface area contributed by atoms with Gasteiger partial charge in [0.05, 0.1) is 18.1 Å². The molecule has 2 aromatic carbocycles. The quantitative estimate of drug-likeness (QED) is 0.749. The summed E-state index contributed by atoms with van der Waals surface area (Å²) in [4.78, 5) is 29.8. The second-order valence-electron chi connectivity index (χ2n) is 9.02. The van der Waals surface area contributed by atoms with Crippen molar-refractivity contribution >= 4 is 23.2 Å². The van der Waals surface area contributed by atoms with Gasteiger partial charge in [0.2, 0.25) is 11.8 Å². The first-order chi connectivity index (χ1) is 15.4. The molecule has 0 bridgehead atoms. The Morgan fingerprint density at radius 3 is 2.41 bits per heavy atom. The van der Waals surface area contributed by atoms with Crippen LogP contribution in [-0.4, -0.2) is 48.6 Å². The average molecular weight is 436 g/mol. The van der Waals surface area contributed by atoms with Gasteiger partial charge in [0.15, 0.2) is 0 Å². The molecule has 2 heterocycles. The number of hydrogen-bond acceptors (Lipinski definition) is 4. The highest BCUT2D eigenvalue weighted by atomic mass is 16.5. The van der Waals surface area contributed by atoms with Crippen LogP contribution in [0, 0.1) is 5.92 Å². The van der Waals surface area contributed by atoms with Crippen LogP contribution in [0.15, 0.2) is 48.5 Å². The minimum absolute atomic E-state index is 0.000949. The van der Waals surface area contributed by atoms with Crippen molar-refractivity contribution in [1.29, 1.82) is 0 Å². The van der Waals surface area contributed by atoms with Gasteiger partial charge in [-0.05, 0) is 49.6 Å². The summed E-state index contributed by atoms with van der Waals surface area (Å²) >= 11 is 0. The second kappa shape index (κ2) is 9.84. The van der Waals surface area contributed by atoms with Gasteiger partial charge < -0.3 is 15.0 Å². The molecule has 2 fully saturated rings. The molecule has 2 amide bonds. The van der Waals surface area contributed by atoms with Crippen LogP contribution in [0.2, 0.25) is 0 Å². The molecule has 4 rings (SSSR count). The highest BCUT2D eigenvalue weighted by Crippen LogP contribution is 2.27. The Morgan fingerprint density at radius 2 is 1.72 bits per heavy atom. The summed E-state index contributed by atoms with van der Waals surface area (Å²) in [6.45, 7) is 9.20. The van der Waals surface area contributed by atoms with Gasteiger partial charge in [0.1, 0.15) is 0 Å². The van der Waals surface area contributed by atoms with E-state index >= 15 is 0 Å². The lowest BCUT2D eigenvalue weighted by Crippen LogP contribution is -2.44. The first-order valence-corrected chi connectivity index (χ1v) is 11.6. The molecule has 2 aliphatic rings. The molecule has 0 spiro atoms. The number of carbonyl (C=O) groups is 2. The van der Waals surface area contributed by atoms with Gasteiger partial charge in [0.25, 0.3) is 0 Å². The van der Waals surface area contributed by atoms with E-state index in [1.807, 2.05) is 42.5 Å². The third kappa shape index (κ3) is 5.19. The summed E-state index contributed by atoms with van der Waals surface area (Å²) in [6, 6.07) is 16.0. The Hall–Kier alpha value is -2.70. The molecule has 3 unspecified atom stereocenters. The number of nitrogens with one attached hydrogen (secondary N) is 1. The lowest BCUT2D eigenvalue weighted by atomic mass is 10.1. The minimum Gasteiger partial charge on any atom is -0.373 e. The average Bonchev–Trinajstić information content (AvgIpc) is 3.16. The zero-order valence-electron chi connectivity index (χ0n) is 19.2. The molecule has 0 aromatic heterocycles. The normalized spacial score (nSPS) is 24.0. The van der Waals surface area contributed by atoms with E-state index in [9.17, 15) is 9.59 Å². The Labute approximate surface area is 190 Å². The fraction of sp³-hybridized carbons (Fsp3) is 0.462. The Balaban J connectivity index is 1.41. The molecule has 0 radical (unpaired) electrons. The second-order valence-corrected chi connectivity index (χ2v) is 9.02. The highest BCUT2D eigenvalue weighted by Gasteiger charge is 2.35. The van der Waals surface area contributed by atoms with Crippen molar-refractivity contribution in [1.82, 2.24) is 4.90 Å². The monoisotopic (exact) mass is 435 g/mol. The number of para-hydroxylation sites is 1. The van der Waals surface area contributed by atoms with Crippen LogP contribution in [0.4, 0.5) is 11.4 Å². The summed E-state index contributed by atoms with van der Waals surface area (Å²) in [7, 11) is 0. The molecule has 3 atom stereocenters. The fourth-order valence-corrected chi connectivity index (χ4v) is 4.71. The number of amides is 2. The minimum atomic E-state index is -0.357. The van der Waals surface area contributed by atoms with E-state index in [0.29, 0.717) is 6.54 Å². The maximum Gasteiger partial charge on any atom is 0.229 e. The molecular weight excluding hydrogens is 402 g/mol. The van der Waals surface area contributed by atoms with E-state index in [1.165, 1.54) is 5.56 Å². The van der Waals surface area contributed by atoms with Crippen molar-refractivity contribution < 1.29 is 14.3 Å². The van der Waals surface area contributed by atoms with E-state index in [2.05, 4.69) is 37.1 Å². The van der Waals surface area contributed by atoms with Crippen LogP contribution < -0.4 is 10.2 Å². The third-order valence-corrected chi connectivity index (χ3v) is 6.32. The number of rotatable bonds is 6. The van der Waals surface area contributed by atoms with Gasteiger partial charge in [0, 0.05) is 44.0 Å². The summed E-state index contributed by atoms with van der Waals surface area (Å²) in [5.41, 5.74) is 4.00. The molecular formula is C26H33N3O3. The summed E-state index contributed by atoms with van der Waals surface area (Å²) in [5, 5.41) is 3.10. The fourth-order valence-electron chi connectivity index (χ4n) is 4.71.